The van der Waals surface area contributed by atoms with Crippen molar-refractivity contribution in [3.05, 3.63) is 53.6 Å². The van der Waals surface area contributed by atoms with E-state index in [1.54, 1.807) is 0 Å². The summed E-state index contributed by atoms with van der Waals surface area (Å²) in [5, 5.41) is 13.0. The fourth-order valence-electron chi connectivity index (χ4n) is 4.05. The Morgan fingerprint density at radius 1 is 0.892 bits per heavy atom. The first-order chi connectivity index (χ1) is 17.7. The van der Waals surface area contributed by atoms with Crippen LogP contribution in [0.4, 0.5) is 17.1 Å². The van der Waals surface area contributed by atoms with Gasteiger partial charge in [-0.2, -0.15) is 0 Å². The molecule has 37 heavy (non-hydrogen) atoms. The summed E-state index contributed by atoms with van der Waals surface area (Å²) in [5.74, 6) is -0.198. The summed E-state index contributed by atoms with van der Waals surface area (Å²) in [4.78, 5) is 13.8. The Balaban J connectivity index is 0. The van der Waals surface area contributed by atoms with Crippen LogP contribution >= 0.6 is 0 Å². The summed E-state index contributed by atoms with van der Waals surface area (Å²) in [6.45, 7) is 26.1. The van der Waals surface area contributed by atoms with Crippen LogP contribution in [0, 0.1) is 5.92 Å². The molecule has 0 aliphatic heterocycles. The van der Waals surface area contributed by atoms with E-state index in [9.17, 15) is 9.90 Å². The van der Waals surface area contributed by atoms with Crippen molar-refractivity contribution in [3.8, 4) is 0 Å². The zero-order valence-corrected chi connectivity index (χ0v) is 26.1. The molecule has 2 rings (SSSR count). The molecule has 0 saturated carbocycles. The average molecular weight is 515 g/mol. The third-order valence-corrected chi connectivity index (χ3v) is 5.67. The van der Waals surface area contributed by atoms with Gasteiger partial charge in [0.25, 0.3) is 0 Å². The summed E-state index contributed by atoms with van der Waals surface area (Å²) < 4.78 is 0. The van der Waals surface area contributed by atoms with Gasteiger partial charge < -0.3 is 15.3 Å². The Bertz CT molecular complexity index is 829. The van der Waals surface area contributed by atoms with E-state index in [1.807, 2.05) is 41.5 Å². The van der Waals surface area contributed by atoms with Crippen molar-refractivity contribution in [2.45, 2.75) is 121 Å². The molecular formula is C33H58N2O2. The maximum atomic E-state index is 11.4. The van der Waals surface area contributed by atoms with Crippen LogP contribution in [0.5, 0.6) is 0 Å². The SMILES string of the molecule is CC.CC.CC.CCCc1ccc(Nc2cc(C(CC)CC(=O)O)ccc2N(CC(C)C)C(C)C)cc1. The van der Waals surface area contributed by atoms with E-state index in [1.165, 1.54) is 5.56 Å². The van der Waals surface area contributed by atoms with Crippen molar-refractivity contribution < 1.29 is 9.90 Å². The first-order valence-electron chi connectivity index (χ1n) is 14.7. The Kier molecular flexibility index (Phi) is 21.4. The monoisotopic (exact) mass is 514 g/mol. The molecule has 0 heterocycles. The van der Waals surface area contributed by atoms with E-state index in [4.69, 9.17) is 0 Å². The topological polar surface area (TPSA) is 52.6 Å². The number of carbonyl (C=O) groups is 1. The molecule has 0 aromatic heterocycles. The third-order valence-electron chi connectivity index (χ3n) is 5.67. The van der Waals surface area contributed by atoms with Gasteiger partial charge in [-0.05, 0) is 73.9 Å². The fourth-order valence-corrected chi connectivity index (χ4v) is 4.05. The summed E-state index contributed by atoms with van der Waals surface area (Å²) in [6.07, 6.45) is 3.18. The maximum Gasteiger partial charge on any atom is 0.303 e. The minimum absolute atomic E-state index is 0.0108. The molecule has 0 spiro atoms. The number of nitrogens with one attached hydrogen (secondary N) is 1. The van der Waals surface area contributed by atoms with Crippen molar-refractivity contribution >= 4 is 23.0 Å². The smallest absolute Gasteiger partial charge is 0.303 e. The highest BCUT2D eigenvalue weighted by atomic mass is 16.4. The molecule has 0 saturated heterocycles. The van der Waals surface area contributed by atoms with Gasteiger partial charge in [-0.15, -0.1) is 0 Å². The predicted molar refractivity (Wildman–Crippen MR) is 167 cm³/mol. The van der Waals surface area contributed by atoms with E-state index in [-0.39, 0.29) is 12.3 Å². The van der Waals surface area contributed by atoms with Gasteiger partial charge in [0.05, 0.1) is 17.8 Å². The highest BCUT2D eigenvalue weighted by Crippen LogP contribution is 2.35. The number of rotatable bonds is 12. The minimum atomic E-state index is -0.749. The molecule has 2 aromatic carbocycles. The molecule has 0 fully saturated rings. The molecule has 0 aliphatic rings. The van der Waals surface area contributed by atoms with Crippen LogP contribution in [-0.2, 0) is 11.2 Å². The van der Waals surface area contributed by atoms with Gasteiger partial charge >= 0.3 is 5.97 Å². The molecule has 0 amide bonds. The van der Waals surface area contributed by atoms with Crippen LogP contribution in [-0.4, -0.2) is 23.7 Å². The first-order valence-corrected chi connectivity index (χ1v) is 14.7. The average Bonchev–Trinajstić information content (AvgIpc) is 2.90. The van der Waals surface area contributed by atoms with Gasteiger partial charge in [0.15, 0.2) is 0 Å². The highest BCUT2D eigenvalue weighted by Gasteiger charge is 2.20. The van der Waals surface area contributed by atoms with E-state index in [0.29, 0.717) is 12.0 Å². The summed E-state index contributed by atoms with van der Waals surface area (Å²) in [6, 6.07) is 15.4. The lowest BCUT2D eigenvalue weighted by Crippen LogP contribution is -2.34. The Labute approximate surface area is 229 Å². The highest BCUT2D eigenvalue weighted by molar-refractivity contribution is 5.77. The van der Waals surface area contributed by atoms with E-state index >= 15 is 0 Å². The van der Waals surface area contributed by atoms with E-state index in [0.717, 1.165) is 48.4 Å². The second-order valence-corrected chi connectivity index (χ2v) is 9.19. The van der Waals surface area contributed by atoms with Gasteiger partial charge in [-0.1, -0.05) is 93.9 Å². The molecule has 0 radical (unpaired) electrons. The van der Waals surface area contributed by atoms with Crippen LogP contribution in [0.2, 0.25) is 0 Å². The summed E-state index contributed by atoms with van der Waals surface area (Å²) in [5.41, 5.74) is 5.68. The lowest BCUT2D eigenvalue weighted by atomic mass is 9.92. The van der Waals surface area contributed by atoms with Crippen molar-refractivity contribution in [3.63, 3.8) is 0 Å². The second-order valence-electron chi connectivity index (χ2n) is 9.19. The number of hydrogen-bond donors (Lipinski definition) is 2. The lowest BCUT2D eigenvalue weighted by Gasteiger charge is -2.33. The van der Waals surface area contributed by atoms with Crippen molar-refractivity contribution in [2.24, 2.45) is 5.92 Å². The van der Waals surface area contributed by atoms with Gasteiger partial charge in [0.1, 0.15) is 0 Å². The van der Waals surface area contributed by atoms with Crippen molar-refractivity contribution in [1.82, 2.24) is 0 Å². The van der Waals surface area contributed by atoms with Crippen LogP contribution < -0.4 is 10.2 Å². The van der Waals surface area contributed by atoms with Crippen molar-refractivity contribution in [2.75, 3.05) is 16.8 Å². The van der Waals surface area contributed by atoms with Crippen molar-refractivity contribution in [1.29, 1.82) is 0 Å². The lowest BCUT2D eigenvalue weighted by molar-refractivity contribution is -0.137. The molecule has 4 heteroatoms. The van der Waals surface area contributed by atoms with Crippen LogP contribution in [0.25, 0.3) is 0 Å². The normalized spacial score (nSPS) is 10.8. The zero-order chi connectivity index (χ0) is 29.0. The molecule has 2 aromatic rings. The van der Waals surface area contributed by atoms with Gasteiger partial charge in [-0.3, -0.25) is 4.79 Å². The standard InChI is InChI=1S/C27H40N2O2.3C2H6/c1-7-9-21-10-13-24(14-11-21)28-25-16-23(22(8-2)17-27(30)31)12-15-26(25)29(20(5)6)18-19(3)4;3*1-2/h10-16,19-20,22,28H,7-9,17-18H2,1-6H3,(H,30,31);3*1-2H3. The largest absolute Gasteiger partial charge is 0.481 e. The molecule has 0 bridgehead atoms. The summed E-state index contributed by atoms with van der Waals surface area (Å²) in [7, 11) is 0. The zero-order valence-electron chi connectivity index (χ0n) is 26.1. The predicted octanol–water partition coefficient (Wildman–Crippen LogP) is 10.3. The Morgan fingerprint density at radius 2 is 1.46 bits per heavy atom. The van der Waals surface area contributed by atoms with Crippen LogP contribution in [0.15, 0.2) is 42.5 Å². The molecule has 1 atom stereocenters. The van der Waals surface area contributed by atoms with E-state index < -0.39 is 5.97 Å². The van der Waals surface area contributed by atoms with Crippen LogP contribution in [0.3, 0.4) is 0 Å². The number of carboxylic acid groups (broad SMARTS) is 1. The number of anilines is 3. The quantitative estimate of drug-likeness (QED) is 0.296. The number of benzene rings is 2. The third kappa shape index (κ3) is 13.6. The van der Waals surface area contributed by atoms with Gasteiger partial charge in [-0.25, -0.2) is 0 Å². The van der Waals surface area contributed by atoms with E-state index in [2.05, 4.69) is 94.2 Å². The molecule has 1 unspecified atom stereocenters. The van der Waals surface area contributed by atoms with Gasteiger partial charge in [0, 0.05) is 18.3 Å². The molecule has 4 nitrogen and oxygen atoms in total. The van der Waals surface area contributed by atoms with Crippen LogP contribution in [0.1, 0.15) is 119 Å². The molecular weight excluding hydrogens is 456 g/mol. The number of aryl methyl sites for hydroxylation is 1. The molecule has 0 aliphatic carbocycles. The number of carboxylic acids is 1. The number of aliphatic carboxylic acids is 1. The van der Waals surface area contributed by atoms with Gasteiger partial charge in [0.2, 0.25) is 0 Å². The Morgan fingerprint density at radius 3 is 1.89 bits per heavy atom. The Hall–Kier alpha value is -2.49. The number of hydrogen-bond acceptors (Lipinski definition) is 3. The maximum absolute atomic E-state index is 11.4. The minimum Gasteiger partial charge on any atom is -0.481 e. The second kappa shape index (κ2) is 21.6. The molecule has 212 valence electrons. The summed E-state index contributed by atoms with van der Waals surface area (Å²) >= 11 is 0. The number of nitrogens with zero attached hydrogens (tertiary/aromatic N) is 1. The molecule has 2 N–H and O–H groups in total. The first kappa shape index (κ1) is 36.7. The fraction of sp³-hybridized carbons (Fsp3) is 0.606.